The summed E-state index contributed by atoms with van der Waals surface area (Å²) in [7, 11) is 0. The molecule has 5 nitrogen and oxygen atoms in total. The number of hydrogen-bond acceptors (Lipinski definition) is 5. The molecule has 2 saturated heterocycles. The van der Waals surface area contributed by atoms with Gasteiger partial charge in [-0.15, -0.1) is 0 Å². The zero-order valence-electron chi connectivity index (χ0n) is 12.7. The van der Waals surface area contributed by atoms with E-state index < -0.39 is 0 Å². The summed E-state index contributed by atoms with van der Waals surface area (Å²) in [5, 5.41) is 0. The summed E-state index contributed by atoms with van der Waals surface area (Å²) in [6.45, 7) is 9.86. The molecule has 0 saturated carbocycles. The van der Waals surface area contributed by atoms with Crippen molar-refractivity contribution in [1.29, 1.82) is 0 Å². The lowest BCUT2D eigenvalue weighted by molar-refractivity contribution is 0.182. The monoisotopic (exact) mass is 293 g/mol. The second kappa shape index (κ2) is 6.66. The van der Waals surface area contributed by atoms with Crippen molar-refractivity contribution in [2.24, 2.45) is 0 Å². The van der Waals surface area contributed by atoms with Crippen LogP contribution in [0.25, 0.3) is 0 Å². The fraction of sp³-hybridized carbons (Fsp3) is 0.733. The van der Waals surface area contributed by atoms with Gasteiger partial charge in [0.1, 0.15) is 0 Å². The van der Waals surface area contributed by atoms with Crippen LogP contribution in [-0.2, 0) is 0 Å². The van der Waals surface area contributed by atoms with Crippen LogP contribution >= 0.6 is 0 Å². The molecule has 0 bridgehead atoms. The highest BCUT2D eigenvalue weighted by atomic mass is 19.1. The molecule has 6 heteroatoms. The highest BCUT2D eigenvalue weighted by Crippen LogP contribution is 2.19. The van der Waals surface area contributed by atoms with Crippen LogP contribution in [-0.4, -0.2) is 71.6 Å². The Morgan fingerprint density at radius 1 is 1.14 bits per heavy atom. The second-order valence-corrected chi connectivity index (χ2v) is 5.97. The van der Waals surface area contributed by atoms with Crippen LogP contribution < -0.4 is 4.90 Å². The highest BCUT2D eigenvalue weighted by Gasteiger charge is 2.29. The van der Waals surface area contributed by atoms with Gasteiger partial charge in [-0.2, -0.15) is 0 Å². The van der Waals surface area contributed by atoms with E-state index in [-0.39, 0.29) is 5.82 Å². The molecule has 1 unspecified atom stereocenters. The van der Waals surface area contributed by atoms with E-state index in [0.29, 0.717) is 12.0 Å². The molecule has 1 aromatic rings. The van der Waals surface area contributed by atoms with Gasteiger partial charge in [-0.25, -0.2) is 14.4 Å². The van der Waals surface area contributed by atoms with E-state index in [1.54, 1.807) is 0 Å². The summed E-state index contributed by atoms with van der Waals surface area (Å²) in [4.78, 5) is 15.5. The summed E-state index contributed by atoms with van der Waals surface area (Å²) in [6.07, 6.45) is 5.01. The summed E-state index contributed by atoms with van der Waals surface area (Å²) < 4.78 is 12.9. The maximum Gasteiger partial charge on any atom is 0.225 e. The number of likely N-dealkylation sites (tertiary alicyclic amines) is 1. The maximum absolute atomic E-state index is 12.9. The summed E-state index contributed by atoms with van der Waals surface area (Å²) >= 11 is 0. The molecule has 3 rings (SSSR count). The Labute approximate surface area is 125 Å². The quantitative estimate of drug-likeness (QED) is 0.834. The minimum absolute atomic E-state index is 0.376. The zero-order chi connectivity index (χ0) is 14.7. The molecule has 21 heavy (non-hydrogen) atoms. The maximum atomic E-state index is 12.9. The molecule has 0 N–H and O–H groups in total. The highest BCUT2D eigenvalue weighted by molar-refractivity contribution is 5.29. The van der Waals surface area contributed by atoms with Gasteiger partial charge < -0.3 is 9.80 Å². The minimum Gasteiger partial charge on any atom is -0.338 e. The SMILES string of the molecule is CCCN1CCC(N2CCN(c3ncc(F)cn3)CC2)C1. The fourth-order valence-electron chi connectivity index (χ4n) is 3.39. The van der Waals surface area contributed by atoms with Gasteiger partial charge >= 0.3 is 0 Å². The van der Waals surface area contributed by atoms with Gasteiger partial charge in [0.05, 0.1) is 12.4 Å². The lowest BCUT2D eigenvalue weighted by atomic mass is 10.2. The van der Waals surface area contributed by atoms with Gasteiger partial charge in [-0.1, -0.05) is 6.92 Å². The molecule has 0 spiro atoms. The van der Waals surface area contributed by atoms with Crippen molar-refractivity contribution in [3.05, 3.63) is 18.2 Å². The third-order valence-corrected chi connectivity index (χ3v) is 4.51. The molecule has 0 aromatic carbocycles. The number of aromatic nitrogens is 2. The van der Waals surface area contributed by atoms with Crippen LogP contribution in [0.15, 0.2) is 12.4 Å². The molecule has 0 aliphatic carbocycles. The van der Waals surface area contributed by atoms with Gasteiger partial charge in [0.15, 0.2) is 5.82 Å². The molecular formula is C15H24FN5. The van der Waals surface area contributed by atoms with Crippen molar-refractivity contribution in [3.8, 4) is 0 Å². The van der Waals surface area contributed by atoms with E-state index in [2.05, 4.69) is 31.6 Å². The van der Waals surface area contributed by atoms with Crippen molar-refractivity contribution < 1.29 is 4.39 Å². The fourth-order valence-corrected chi connectivity index (χ4v) is 3.39. The topological polar surface area (TPSA) is 35.5 Å². The van der Waals surface area contributed by atoms with E-state index in [1.165, 1.54) is 44.9 Å². The van der Waals surface area contributed by atoms with Gasteiger partial charge in [-0.3, -0.25) is 4.90 Å². The average molecular weight is 293 g/mol. The number of halogens is 1. The standard InChI is InChI=1S/C15H24FN5/c1-2-4-19-5-3-14(12-19)20-6-8-21(9-7-20)15-17-10-13(16)11-18-15/h10-11,14H,2-9,12H2,1H3. The van der Waals surface area contributed by atoms with Crippen molar-refractivity contribution in [2.75, 3.05) is 50.7 Å². The molecule has 0 radical (unpaired) electrons. The van der Waals surface area contributed by atoms with E-state index in [9.17, 15) is 4.39 Å². The van der Waals surface area contributed by atoms with Crippen LogP contribution in [0, 0.1) is 5.82 Å². The van der Waals surface area contributed by atoms with Gasteiger partial charge in [-0.05, 0) is 25.9 Å². The first-order chi connectivity index (χ1) is 10.3. The van der Waals surface area contributed by atoms with E-state index in [4.69, 9.17) is 0 Å². The third kappa shape index (κ3) is 3.49. The number of rotatable bonds is 4. The number of hydrogen-bond donors (Lipinski definition) is 0. The molecule has 2 aliphatic heterocycles. The second-order valence-electron chi connectivity index (χ2n) is 5.97. The van der Waals surface area contributed by atoms with Crippen LogP contribution in [0.5, 0.6) is 0 Å². The van der Waals surface area contributed by atoms with Gasteiger partial charge in [0.25, 0.3) is 0 Å². The zero-order valence-corrected chi connectivity index (χ0v) is 12.7. The first-order valence-electron chi connectivity index (χ1n) is 7.95. The number of nitrogens with zero attached hydrogens (tertiary/aromatic N) is 5. The Bertz CT molecular complexity index is 444. The smallest absolute Gasteiger partial charge is 0.225 e. The molecule has 2 aliphatic rings. The predicted molar refractivity (Wildman–Crippen MR) is 80.9 cm³/mol. The van der Waals surface area contributed by atoms with Crippen molar-refractivity contribution >= 4 is 5.95 Å². The van der Waals surface area contributed by atoms with Crippen molar-refractivity contribution in [1.82, 2.24) is 19.8 Å². The Kier molecular flexibility index (Phi) is 4.65. The minimum atomic E-state index is -0.376. The van der Waals surface area contributed by atoms with E-state index in [0.717, 1.165) is 26.2 Å². The summed E-state index contributed by atoms with van der Waals surface area (Å²) in [6, 6.07) is 0.702. The lowest BCUT2D eigenvalue weighted by Crippen LogP contribution is -2.51. The van der Waals surface area contributed by atoms with Crippen molar-refractivity contribution in [3.63, 3.8) is 0 Å². The lowest BCUT2D eigenvalue weighted by Gasteiger charge is -2.38. The average Bonchev–Trinajstić information content (AvgIpc) is 2.97. The van der Waals surface area contributed by atoms with Crippen LogP contribution in [0.4, 0.5) is 10.3 Å². The normalized spacial score (nSPS) is 24.7. The Morgan fingerprint density at radius 3 is 2.52 bits per heavy atom. The summed E-state index contributed by atoms with van der Waals surface area (Å²) in [5.74, 6) is 0.273. The molecule has 1 aromatic heterocycles. The van der Waals surface area contributed by atoms with Crippen LogP contribution in [0.3, 0.4) is 0 Å². The molecule has 1 atom stereocenters. The number of piperazine rings is 1. The Morgan fingerprint density at radius 2 is 1.86 bits per heavy atom. The molecule has 3 heterocycles. The number of anilines is 1. The predicted octanol–water partition coefficient (Wildman–Crippen LogP) is 1.22. The molecular weight excluding hydrogens is 269 g/mol. The van der Waals surface area contributed by atoms with Crippen LogP contribution in [0.1, 0.15) is 19.8 Å². The molecule has 0 amide bonds. The first kappa shape index (κ1) is 14.7. The van der Waals surface area contributed by atoms with E-state index >= 15 is 0 Å². The van der Waals surface area contributed by atoms with Crippen molar-refractivity contribution in [2.45, 2.75) is 25.8 Å². The molecule has 116 valence electrons. The first-order valence-corrected chi connectivity index (χ1v) is 7.95. The van der Waals surface area contributed by atoms with E-state index in [1.807, 2.05) is 0 Å². The third-order valence-electron chi connectivity index (χ3n) is 4.51. The Balaban J connectivity index is 1.50. The van der Waals surface area contributed by atoms with Gasteiger partial charge in [0, 0.05) is 38.8 Å². The summed E-state index contributed by atoms with van der Waals surface area (Å²) in [5.41, 5.74) is 0. The largest absolute Gasteiger partial charge is 0.338 e. The Hall–Kier alpha value is -1.27. The van der Waals surface area contributed by atoms with Gasteiger partial charge in [0.2, 0.25) is 5.95 Å². The van der Waals surface area contributed by atoms with Crippen LogP contribution in [0.2, 0.25) is 0 Å². The molecule has 2 fully saturated rings.